The zero-order valence-corrected chi connectivity index (χ0v) is 16.0. The minimum atomic E-state index is -0.281. The van der Waals surface area contributed by atoms with Crippen LogP contribution in [0.4, 0.5) is 10.5 Å². The Morgan fingerprint density at radius 2 is 1.65 bits per heavy atom. The predicted octanol–water partition coefficient (Wildman–Crippen LogP) is 2.84. The smallest absolute Gasteiger partial charge is 0.321 e. The lowest BCUT2D eigenvalue weighted by molar-refractivity contribution is -0.142. The number of hydrogen-bond donors (Lipinski definition) is 1. The van der Waals surface area contributed by atoms with E-state index in [1.807, 2.05) is 29.2 Å². The van der Waals surface area contributed by atoms with Crippen molar-refractivity contribution >= 4 is 17.6 Å². The summed E-state index contributed by atoms with van der Waals surface area (Å²) >= 11 is 0. The van der Waals surface area contributed by atoms with Gasteiger partial charge in [0.25, 0.3) is 5.91 Å². The molecule has 3 rings (SSSR count). The zero-order valence-electron chi connectivity index (χ0n) is 16.0. The molecule has 1 aromatic rings. The number of piperazine rings is 1. The molecule has 1 aromatic carbocycles. The van der Waals surface area contributed by atoms with Gasteiger partial charge in [-0.1, -0.05) is 32.9 Å². The van der Waals surface area contributed by atoms with Crippen molar-refractivity contribution in [1.82, 2.24) is 9.80 Å². The number of urea groups is 1. The molecule has 1 unspecified atom stereocenters. The average Bonchev–Trinajstić information content (AvgIpc) is 3.15. The Balaban J connectivity index is 1.50. The molecule has 0 spiro atoms. The van der Waals surface area contributed by atoms with E-state index in [0.717, 1.165) is 18.5 Å². The number of amides is 3. The monoisotopic (exact) mass is 359 g/mol. The van der Waals surface area contributed by atoms with Crippen LogP contribution < -0.4 is 5.32 Å². The van der Waals surface area contributed by atoms with Gasteiger partial charge in [-0.25, -0.2) is 4.79 Å². The van der Waals surface area contributed by atoms with Gasteiger partial charge in [-0.15, -0.1) is 0 Å². The molecule has 0 saturated carbocycles. The fourth-order valence-corrected chi connectivity index (χ4v) is 3.36. The maximum atomic E-state index is 12.5. The van der Waals surface area contributed by atoms with Gasteiger partial charge in [0, 0.05) is 38.5 Å². The van der Waals surface area contributed by atoms with Crippen molar-refractivity contribution in [3.63, 3.8) is 0 Å². The lowest BCUT2D eigenvalue weighted by Gasteiger charge is -2.35. The Morgan fingerprint density at radius 3 is 2.19 bits per heavy atom. The van der Waals surface area contributed by atoms with Gasteiger partial charge in [0.1, 0.15) is 6.10 Å². The number of anilines is 1. The van der Waals surface area contributed by atoms with Gasteiger partial charge in [0.05, 0.1) is 0 Å². The molecule has 1 atom stereocenters. The van der Waals surface area contributed by atoms with E-state index in [-0.39, 0.29) is 23.5 Å². The normalized spacial score (nSPS) is 21.0. The molecule has 2 fully saturated rings. The summed E-state index contributed by atoms with van der Waals surface area (Å²) in [6.45, 7) is 9.39. The third kappa shape index (κ3) is 4.36. The Kier molecular flexibility index (Phi) is 5.51. The van der Waals surface area contributed by atoms with Gasteiger partial charge in [0.2, 0.25) is 0 Å². The van der Waals surface area contributed by atoms with E-state index < -0.39 is 0 Å². The molecule has 3 amide bonds. The minimum Gasteiger partial charge on any atom is -0.368 e. The van der Waals surface area contributed by atoms with E-state index in [0.29, 0.717) is 32.8 Å². The van der Waals surface area contributed by atoms with Gasteiger partial charge < -0.3 is 19.9 Å². The summed E-state index contributed by atoms with van der Waals surface area (Å²) in [7, 11) is 0. The predicted molar refractivity (Wildman–Crippen MR) is 101 cm³/mol. The van der Waals surface area contributed by atoms with Crippen LogP contribution in [0.3, 0.4) is 0 Å². The highest BCUT2D eigenvalue weighted by Crippen LogP contribution is 2.23. The van der Waals surface area contributed by atoms with Crippen molar-refractivity contribution in [3.05, 3.63) is 29.8 Å². The van der Waals surface area contributed by atoms with Crippen LogP contribution in [0.25, 0.3) is 0 Å². The third-order valence-electron chi connectivity index (χ3n) is 5.09. The van der Waals surface area contributed by atoms with Crippen LogP contribution >= 0.6 is 0 Å². The summed E-state index contributed by atoms with van der Waals surface area (Å²) < 4.78 is 5.47. The highest BCUT2D eigenvalue weighted by atomic mass is 16.5. The van der Waals surface area contributed by atoms with Crippen molar-refractivity contribution in [2.24, 2.45) is 0 Å². The first-order valence-corrected chi connectivity index (χ1v) is 9.41. The average molecular weight is 359 g/mol. The molecule has 0 aromatic heterocycles. The van der Waals surface area contributed by atoms with Crippen molar-refractivity contribution in [2.75, 3.05) is 38.1 Å². The second kappa shape index (κ2) is 7.66. The van der Waals surface area contributed by atoms with Crippen LogP contribution in [-0.2, 0) is 14.9 Å². The van der Waals surface area contributed by atoms with Gasteiger partial charge in [0.15, 0.2) is 0 Å². The lowest BCUT2D eigenvalue weighted by Crippen LogP contribution is -2.53. The van der Waals surface area contributed by atoms with Crippen molar-refractivity contribution < 1.29 is 14.3 Å². The van der Waals surface area contributed by atoms with Gasteiger partial charge in [-0.3, -0.25) is 4.79 Å². The first kappa shape index (κ1) is 18.7. The Bertz CT molecular complexity index is 637. The highest BCUT2D eigenvalue weighted by Gasteiger charge is 2.31. The van der Waals surface area contributed by atoms with Gasteiger partial charge in [-0.2, -0.15) is 0 Å². The van der Waals surface area contributed by atoms with Crippen LogP contribution in [0, 0.1) is 0 Å². The Labute approximate surface area is 155 Å². The molecule has 2 saturated heterocycles. The Hall–Kier alpha value is -2.08. The van der Waals surface area contributed by atoms with Gasteiger partial charge >= 0.3 is 6.03 Å². The van der Waals surface area contributed by atoms with Crippen LogP contribution in [-0.4, -0.2) is 60.6 Å². The largest absolute Gasteiger partial charge is 0.368 e. The maximum absolute atomic E-state index is 12.5. The van der Waals surface area contributed by atoms with Crippen molar-refractivity contribution in [3.8, 4) is 0 Å². The Morgan fingerprint density at radius 1 is 1.04 bits per heavy atom. The second-order valence-corrected chi connectivity index (χ2v) is 8.07. The molecular formula is C20H29N3O3. The lowest BCUT2D eigenvalue weighted by atomic mass is 9.87. The van der Waals surface area contributed by atoms with E-state index in [1.54, 1.807) is 4.90 Å². The molecule has 0 radical (unpaired) electrons. The molecule has 6 heteroatoms. The number of ether oxygens (including phenoxy) is 1. The SMILES string of the molecule is CC(C)(C)c1ccc(NC(=O)N2CCN(C(=O)C3CCCO3)CC2)cc1. The molecule has 6 nitrogen and oxygen atoms in total. The van der Waals surface area contributed by atoms with E-state index in [1.165, 1.54) is 5.56 Å². The molecule has 1 N–H and O–H groups in total. The first-order valence-electron chi connectivity index (χ1n) is 9.41. The summed E-state index contributed by atoms with van der Waals surface area (Å²) in [5, 5.41) is 2.95. The minimum absolute atomic E-state index is 0.0697. The standard InChI is InChI=1S/C20H29N3O3/c1-20(2,3)15-6-8-16(9-7-15)21-19(25)23-12-10-22(11-13-23)18(24)17-5-4-14-26-17/h6-9,17H,4-5,10-14H2,1-3H3,(H,21,25). The third-order valence-corrected chi connectivity index (χ3v) is 5.09. The summed E-state index contributed by atoms with van der Waals surface area (Å²) in [5.74, 6) is 0.0697. The number of carbonyl (C=O) groups is 2. The fourth-order valence-electron chi connectivity index (χ4n) is 3.36. The van der Waals surface area contributed by atoms with E-state index >= 15 is 0 Å². The molecule has 26 heavy (non-hydrogen) atoms. The molecular weight excluding hydrogens is 330 g/mol. The van der Waals surface area contributed by atoms with Crippen LogP contribution in [0.1, 0.15) is 39.2 Å². The van der Waals surface area contributed by atoms with Gasteiger partial charge in [-0.05, 0) is 36.0 Å². The van der Waals surface area contributed by atoms with Crippen molar-refractivity contribution in [2.45, 2.75) is 45.1 Å². The number of rotatable bonds is 2. The molecule has 2 heterocycles. The van der Waals surface area contributed by atoms with Crippen LogP contribution in [0.5, 0.6) is 0 Å². The zero-order chi connectivity index (χ0) is 18.7. The quantitative estimate of drug-likeness (QED) is 0.883. The maximum Gasteiger partial charge on any atom is 0.321 e. The number of carbonyl (C=O) groups excluding carboxylic acids is 2. The summed E-state index contributed by atoms with van der Waals surface area (Å²) in [6, 6.07) is 7.87. The van der Waals surface area contributed by atoms with E-state index in [2.05, 4.69) is 26.1 Å². The highest BCUT2D eigenvalue weighted by molar-refractivity contribution is 5.89. The summed E-state index contributed by atoms with van der Waals surface area (Å²) in [4.78, 5) is 28.4. The molecule has 2 aliphatic heterocycles. The number of nitrogens with zero attached hydrogens (tertiary/aromatic N) is 2. The summed E-state index contributed by atoms with van der Waals surface area (Å²) in [5.41, 5.74) is 2.12. The fraction of sp³-hybridized carbons (Fsp3) is 0.600. The second-order valence-electron chi connectivity index (χ2n) is 8.07. The van der Waals surface area contributed by atoms with Crippen LogP contribution in [0.2, 0.25) is 0 Å². The molecule has 0 bridgehead atoms. The number of benzene rings is 1. The first-order chi connectivity index (χ1) is 12.3. The van der Waals surface area contributed by atoms with E-state index in [9.17, 15) is 9.59 Å². The van der Waals surface area contributed by atoms with Crippen LogP contribution in [0.15, 0.2) is 24.3 Å². The van der Waals surface area contributed by atoms with Crippen molar-refractivity contribution in [1.29, 1.82) is 0 Å². The molecule has 2 aliphatic rings. The molecule has 0 aliphatic carbocycles. The molecule has 142 valence electrons. The number of hydrogen-bond acceptors (Lipinski definition) is 3. The van der Waals surface area contributed by atoms with E-state index in [4.69, 9.17) is 4.74 Å². The topological polar surface area (TPSA) is 61.9 Å². The summed E-state index contributed by atoms with van der Waals surface area (Å²) in [6.07, 6.45) is 1.48. The number of nitrogens with one attached hydrogen (secondary N) is 1.